The van der Waals surface area contributed by atoms with Crippen molar-refractivity contribution in [2.75, 3.05) is 0 Å². The van der Waals surface area contributed by atoms with Gasteiger partial charge in [-0.3, -0.25) is 4.79 Å². The Bertz CT molecular complexity index is 994. The second-order valence-corrected chi connectivity index (χ2v) is 10.2. The van der Waals surface area contributed by atoms with Gasteiger partial charge in [0.25, 0.3) is 0 Å². The summed E-state index contributed by atoms with van der Waals surface area (Å²) in [5.41, 5.74) is 2.39. The predicted molar refractivity (Wildman–Crippen MR) is 137 cm³/mol. The van der Waals surface area contributed by atoms with Gasteiger partial charge in [0.05, 0.1) is 0 Å². The van der Waals surface area contributed by atoms with Gasteiger partial charge in [0.15, 0.2) is 0 Å². The van der Waals surface area contributed by atoms with Crippen LogP contribution in [0.25, 0.3) is 0 Å². The Morgan fingerprint density at radius 2 is 0.812 bits per heavy atom. The molecule has 0 heterocycles. The number of benzene rings is 4. The third-order valence-electron chi connectivity index (χ3n) is 5.21. The fraction of sp³-hybridized carbons (Fsp3) is 0.138. The lowest BCUT2D eigenvalue weighted by atomic mass is 10.0. The summed E-state index contributed by atoms with van der Waals surface area (Å²) < 4.78 is 0. The molecule has 0 amide bonds. The molecule has 0 saturated carbocycles. The van der Waals surface area contributed by atoms with Crippen LogP contribution in [0.5, 0.6) is 0 Å². The number of carbonyl (C=O) groups is 1. The van der Waals surface area contributed by atoms with E-state index >= 15 is 0 Å². The average molecular weight is 455 g/mol. The summed E-state index contributed by atoms with van der Waals surface area (Å²) in [5, 5.41) is 0.202. The molecule has 160 valence electrons. The van der Waals surface area contributed by atoms with Crippen LogP contribution < -0.4 is 0 Å². The number of rotatable bonds is 10. The smallest absolute Gasteiger partial charge is 0.135 e. The first-order chi connectivity index (χ1) is 15.8. The van der Waals surface area contributed by atoms with Gasteiger partial charge < -0.3 is 0 Å². The Morgan fingerprint density at radius 1 is 0.500 bits per heavy atom. The van der Waals surface area contributed by atoms with Crippen LogP contribution in [-0.2, 0) is 4.79 Å². The quantitative estimate of drug-likeness (QED) is 0.224. The molecule has 0 radical (unpaired) electrons. The zero-order valence-electron chi connectivity index (χ0n) is 17.8. The molecule has 4 rings (SSSR count). The zero-order valence-corrected chi connectivity index (χ0v) is 19.5. The monoisotopic (exact) mass is 454 g/mol. The van der Waals surface area contributed by atoms with Gasteiger partial charge in [-0.05, 0) is 35.4 Å². The topological polar surface area (TPSA) is 17.1 Å². The van der Waals surface area contributed by atoms with E-state index in [-0.39, 0.29) is 10.5 Å². The maximum absolute atomic E-state index is 13.4. The van der Waals surface area contributed by atoms with Gasteiger partial charge in [0, 0.05) is 33.1 Å². The zero-order chi connectivity index (χ0) is 22.0. The molecular weight excluding hydrogens is 428 g/mol. The van der Waals surface area contributed by atoms with Crippen LogP contribution in [0.2, 0.25) is 0 Å². The standard InChI is InChI=1S/C29H26OS2/c30-25(21-28(23-13-5-1-6-14-23)31-26-17-9-3-10-18-26)22-29(24-15-7-2-8-16-24)32-27-19-11-4-12-20-27/h1-20,28-29H,21-22H2. The third kappa shape index (κ3) is 6.62. The van der Waals surface area contributed by atoms with Crippen molar-refractivity contribution < 1.29 is 4.79 Å². The van der Waals surface area contributed by atoms with Crippen molar-refractivity contribution in [1.29, 1.82) is 0 Å². The Kier molecular flexibility index (Phi) is 8.24. The minimum Gasteiger partial charge on any atom is -0.300 e. The first-order valence-corrected chi connectivity index (χ1v) is 12.6. The number of hydrogen-bond acceptors (Lipinski definition) is 3. The molecule has 0 aliphatic carbocycles. The summed E-state index contributed by atoms with van der Waals surface area (Å²) in [7, 11) is 0. The van der Waals surface area contributed by atoms with Crippen molar-refractivity contribution in [3.05, 3.63) is 132 Å². The summed E-state index contributed by atoms with van der Waals surface area (Å²) in [6, 6.07) is 41.5. The highest BCUT2D eigenvalue weighted by Gasteiger charge is 2.22. The summed E-state index contributed by atoms with van der Waals surface area (Å²) in [4.78, 5) is 15.7. The fourth-order valence-electron chi connectivity index (χ4n) is 3.61. The Labute approximate surface area is 199 Å². The molecule has 0 aliphatic heterocycles. The highest BCUT2D eigenvalue weighted by Crippen LogP contribution is 2.41. The maximum atomic E-state index is 13.4. The molecule has 2 atom stereocenters. The minimum absolute atomic E-state index is 0.101. The van der Waals surface area contributed by atoms with Crippen molar-refractivity contribution >= 4 is 29.3 Å². The van der Waals surface area contributed by atoms with Gasteiger partial charge in [-0.2, -0.15) is 0 Å². The van der Waals surface area contributed by atoms with E-state index in [9.17, 15) is 4.79 Å². The van der Waals surface area contributed by atoms with Crippen LogP contribution in [0.15, 0.2) is 131 Å². The van der Waals surface area contributed by atoms with E-state index in [0.29, 0.717) is 18.6 Å². The Balaban J connectivity index is 1.51. The first kappa shape index (κ1) is 22.4. The summed E-state index contributed by atoms with van der Waals surface area (Å²) in [6.07, 6.45) is 1.03. The molecule has 0 fully saturated rings. The molecule has 0 aliphatic rings. The van der Waals surface area contributed by atoms with E-state index in [4.69, 9.17) is 0 Å². The Morgan fingerprint density at radius 3 is 1.16 bits per heavy atom. The van der Waals surface area contributed by atoms with Crippen LogP contribution >= 0.6 is 23.5 Å². The highest BCUT2D eigenvalue weighted by molar-refractivity contribution is 7.99. The molecule has 0 bridgehead atoms. The van der Waals surface area contributed by atoms with Crippen LogP contribution in [0.1, 0.15) is 34.5 Å². The molecule has 4 aromatic rings. The second-order valence-electron chi connectivity index (χ2n) is 7.61. The SMILES string of the molecule is O=C(CC(Sc1ccccc1)c1ccccc1)CC(Sc1ccccc1)c1ccccc1. The largest absolute Gasteiger partial charge is 0.300 e. The molecule has 4 aromatic carbocycles. The van der Waals surface area contributed by atoms with Gasteiger partial charge in [-0.25, -0.2) is 0 Å². The first-order valence-electron chi connectivity index (χ1n) is 10.8. The molecule has 0 aromatic heterocycles. The summed E-state index contributed by atoms with van der Waals surface area (Å²) in [6.45, 7) is 0. The lowest BCUT2D eigenvalue weighted by molar-refractivity contribution is -0.119. The van der Waals surface area contributed by atoms with Crippen LogP contribution in [0.3, 0.4) is 0 Å². The van der Waals surface area contributed by atoms with Crippen molar-refractivity contribution in [1.82, 2.24) is 0 Å². The normalized spacial score (nSPS) is 12.8. The number of hydrogen-bond donors (Lipinski definition) is 0. The summed E-state index contributed by atoms with van der Waals surface area (Å²) >= 11 is 3.54. The molecule has 3 heteroatoms. The molecule has 0 saturated heterocycles. The van der Waals surface area contributed by atoms with E-state index in [1.54, 1.807) is 23.5 Å². The minimum atomic E-state index is 0.101. The van der Waals surface area contributed by atoms with E-state index in [1.807, 2.05) is 48.5 Å². The van der Waals surface area contributed by atoms with Crippen LogP contribution in [0, 0.1) is 0 Å². The Hall–Kier alpha value is -2.75. The van der Waals surface area contributed by atoms with E-state index in [2.05, 4.69) is 72.8 Å². The molecule has 0 spiro atoms. The fourth-order valence-corrected chi connectivity index (χ4v) is 6.02. The number of thioether (sulfide) groups is 2. The second kappa shape index (κ2) is 11.8. The van der Waals surface area contributed by atoms with Crippen molar-refractivity contribution in [3.8, 4) is 0 Å². The third-order valence-corrected chi connectivity index (χ3v) is 7.75. The van der Waals surface area contributed by atoms with Gasteiger partial charge >= 0.3 is 0 Å². The summed E-state index contributed by atoms with van der Waals surface area (Å²) in [5.74, 6) is 0.291. The van der Waals surface area contributed by atoms with Gasteiger partial charge in [0.1, 0.15) is 5.78 Å². The van der Waals surface area contributed by atoms with Crippen LogP contribution in [-0.4, -0.2) is 5.78 Å². The van der Waals surface area contributed by atoms with Crippen molar-refractivity contribution in [2.45, 2.75) is 33.1 Å². The molecule has 2 unspecified atom stereocenters. The number of ketones is 1. The molecule has 32 heavy (non-hydrogen) atoms. The van der Waals surface area contributed by atoms with Crippen molar-refractivity contribution in [2.24, 2.45) is 0 Å². The van der Waals surface area contributed by atoms with Crippen LogP contribution in [0.4, 0.5) is 0 Å². The molecule has 0 N–H and O–H groups in total. The maximum Gasteiger partial charge on any atom is 0.135 e. The van der Waals surface area contributed by atoms with Gasteiger partial charge in [0.2, 0.25) is 0 Å². The highest BCUT2D eigenvalue weighted by atomic mass is 32.2. The lowest BCUT2D eigenvalue weighted by Crippen LogP contribution is -2.09. The van der Waals surface area contributed by atoms with E-state index in [0.717, 1.165) is 0 Å². The average Bonchev–Trinajstić information content (AvgIpc) is 2.86. The van der Waals surface area contributed by atoms with Gasteiger partial charge in [-0.15, -0.1) is 23.5 Å². The predicted octanol–water partition coefficient (Wildman–Crippen LogP) is 8.40. The van der Waals surface area contributed by atoms with E-state index < -0.39 is 0 Å². The van der Waals surface area contributed by atoms with Crippen molar-refractivity contribution in [3.63, 3.8) is 0 Å². The lowest BCUT2D eigenvalue weighted by Gasteiger charge is -2.20. The molecule has 1 nitrogen and oxygen atoms in total. The number of Topliss-reactive ketones (excluding diaryl/α,β-unsaturated/α-hetero) is 1. The van der Waals surface area contributed by atoms with Gasteiger partial charge in [-0.1, -0.05) is 97.1 Å². The molecular formula is C29H26OS2. The van der Waals surface area contributed by atoms with E-state index in [1.165, 1.54) is 20.9 Å². The number of carbonyl (C=O) groups excluding carboxylic acids is 1.